The Kier molecular flexibility index (Phi) is 12.1. The van der Waals surface area contributed by atoms with Crippen LogP contribution in [0, 0.1) is 11.8 Å². The van der Waals surface area contributed by atoms with Crippen LogP contribution in [0.25, 0.3) is 22.3 Å². The first-order chi connectivity index (χ1) is 22.8. The van der Waals surface area contributed by atoms with Crippen molar-refractivity contribution < 1.29 is 32.9 Å². The number of hydrogen-bond acceptors (Lipinski definition) is 6. The van der Waals surface area contributed by atoms with E-state index in [1.807, 2.05) is 54.6 Å². The zero-order chi connectivity index (χ0) is 33.6. The summed E-state index contributed by atoms with van der Waals surface area (Å²) in [6.07, 6.45) is 4.36. The van der Waals surface area contributed by atoms with E-state index in [4.69, 9.17) is 18.9 Å². The number of rotatable bonds is 14. The zero-order valence-electron chi connectivity index (χ0n) is 25.8. The quantitative estimate of drug-likeness (QED) is 0.0265. The Morgan fingerprint density at radius 2 is 1.28 bits per heavy atom. The number of hydrogen-bond donors (Lipinski definition) is 0. The molecule has 0 radical (unpaired) electrons. The normalized spacial score (nSPS) is 10.1. The summed E-state index contributed by atoms with van der Waals surface area (Å²) in [6, 6.07) is 25.6. The van der Waals surface area contributed by atoms with Gasteiger partial charge in [0.25, 0.3) is 0 Å². The lowest BCUT2D eigenvalue weighted by molar-refractivity contribution is -0.129. The lowest BCUT2D eigenvalue weighted by Gasteiger charge is -2.16. The van der Waals surface area contributed by atoms with E-state index in [0.717, 1.165) is 40.0 Å². The molecular weight excluding hydrogens is 595 g/mol. The Morgan fingerprint density at radius 3 is 1.89 bits per heavy atom. The molecule has 6 nitrogen and oxygen atoms in total. The third-order valence-corrected chi connectivity index (χ3v) is 6.79. The van der Waals surface area contributed by atoms with Gasteiger partial charge in [0.05, 0.1) is 6.67 Å². The first kappa shape index (κ1) is 33.8. The van der Waals surface area contributed by atoms with Gasteiger partial charge in [0.15, 0.2) is 0 Å². The largest absolute Gasteiger partial charge is 0.458 e. The molecule has 0 saturated carbocycles. The van der Waals surface area contributed by atoms with Crippen LogP contribution in [0.1, 0.15) is 23.1 Å². The standard InChI is InChI=1S/C40H33FO6/c1-5-28(4)44-27-45-35-20-18-33(19-21-35)40-34(9-8-24-41)25-30(26-37(40)47-39(43)7-3)11-10-29-12-14-31(15-13-29)32-16-22-36(23-17-32)46-38(42)6-2/h5-7,12-23,25-26H,1-4,8-9,24,27H2. The number of aryl methyl sites for hydroxylation is 1. The van der Waals surface area contributed by atoms with Crippen LogP contribution in [0.15, 0.2) is 135 Å². The van der Waals surface area contributed by atoms with Crippen LogP contribution >= 0.6 is 0 Å². The van der Waals surface area contributed by atoms with E-state index in [1.54, 1.807) is 30.3 Å². The van der Waals surface area contributed by atoms with Crippen molar-refractivity contribution in [2.24, 2.45) is 0 Å². The number of allylic oxidation sites excluding steroid dienone is 1. The Hall–Kier alpha value is -6.13. The van der Waals surface area contributed by atoms with E-state index < -0.39 is 18.6 Å². The highest BCUT2D eigenvalue weighted by Crippen LogP contribution is 2.37. The number of esters is 2. The Bertz CT molecular complexity index is 1830. The second-order valence-electron chi connectivity index (χ2n) is 10.0. The van der Waals surface area contributed by atoms with Crippen LogP contribution in [0.5, 0.6) is 17.2 Å². The predicted molar refractivity (Wildman–Crippen MR) is 182 cm³/mol. The second-order valence-corrected chi connectivity index (χ2v) is 10.0. The number of alkyl halides is 1. The van der Waals surface area contributed by atoms with Gasteiger partial charge in [-0.1, -0.05) is 74.6 Å². The van der Waals surface area contributed by atoms with Crippen molar-refractivity contribution in [1.29, 1.82) is 0 Å². The summed E-state index contributed by atoms with van der Waals surface area (Å²) in [5.41, 5.74) is 5.44. The molecule has 236 valence electrons. The van der Waals surface area contributed by atoms with Crippen molar-refractivity contribution in [1.82, 2.24) is 0 Å². The second kappa shape index (κ2) is 16.8. The molecule has 0 unspecified atom stereocenters. The lowest BCUT2D eigenvalue weighted by atomic mass is 9.93. The van der Waals surface area contributed by atoms with Gasteiger partial charge in [-0.3, -0.25) is 4.39 Å². The molecule has 4 aromatic rings. The van der Waals surface area contributed by atoms with Crippen molar-refractivity contribution in [3.05, 3.63) is 152 Å². The summed E-state index contributed by atoms with van der Waals surface area (Å²) in [4.78, 5) is 23.8. The Morgan fingerprint density at radius 1 is 0.702 bits per heavy atom. The van der Waals surface area contributed by atoms with Gasteiger partial charge in [-0.2, -0.15) is 0 Å². The molecule has 0 heterocycles. The number of ether oxygens (including phenoxy) is 4. The van der Waals surface area contributed by atoms with E-state index in [0.29, 0.717) is 34.8 Å². The van der Waals surface area contributed by atoms with Crippen molar-refractivity contribution in [3.8, 4) is 51.3 Å². The minimum Gasteiger partial charge on any atom is -0.458 e. The number of carbonyl (C=O) groups excluding carboxylic acids is 2. The van der Waals surface area contributed by atoms with Crippen molar-refractivity contribution >= 4 is 11.9 Å². The van der Waals surface area contributed by atoms with Crippen molar-refractivity contribution in [2.75, 3.05) is 13.5 Å². The monoisotopic (exact) mass is 628 g/mol. The lowest BCUT2D eigenvalue weighted by Crippen LogP contribution is -2.06. The molecule has 4 aromatic carbocycles. The fourth-order valence-corrected chi connectivity index (χ4v) is 4.47. The van der Waals surface area contributed by atoms with Crippen LogP contribution in [0.2, 0.25) is 0 Å². The van der Waals surface area contributed by atoms with Gasteiger partial charge in [0, 0.05) is 28.8 Å². The first-order valence-electron chi connectivity index (χ1n) is 14.6. The summed E-state index contributed by atoms with van der Waals surface area (Å²) >= 11 is 0. The summed E-state index contributed by atoms with van der Waals surface area (Å²) < 4.78 is 35.1. The van der Waals surface area contributed by atoms with E-state index >= 15 is 0 Å². The highest BCUT2D eigenvalue weighted by Gasteiger charge is 2.16. The summed E-state index contributed by atoms with van der Waals surface area (Å²) in [7, 11) is 0. The topological polar surface area (TPSA) is 71.1 Å². The smallest absolute Gasteiger partial charge is 0.335 e. The maximum Gasteiger partial charge on any atom is 0.335 e. The Balaban J connectivity index is 1.61. The SMILES string of the molecule is C=CC(=C)OCOc1ccc(-c2c(CCCF)cc(C#Cc3ccc(-c4ccc(OC(=O)C=C)cc4)cc3)cc2OC(=O)C=C)cc1. The van der Waals surface area contributed by atoms with Gasteiger partial charge in [-0.05, 0) is 89.7 Å². The first-order valence-corrected chi connectivity index (χ1v) is 14.6. The van der Waals surface area contributed by atoms with E-state index in [2.05, 4.69) is 38.2 Å². The third-order valence-electron chi connectivity index (χ3n) is 6.79. The van der Waals surface area contributed by atoms with Gasteiger partial charge >= 0.3 is 11.9 Å². The van der Waals surface area contributed by atoms with Crippen LogP contribution in [0.4, 0.5) is 4.39 Å². The Labute approximate surface area is 274 Å². The van der Waals surface area contributed by atoms with Gasteiger partial charge in [0.1, 0.15) is 23.0 Å². The minimum atomic E-state index is -0.630. The fourth-order valence-electron chi connectivity index (χ4n) is 4.47. The maximum atomic E-state index is 13.4. The molecule has 4 rings (SSSR count). The molecule has 0 aromatic heterocycles. The molecule has 0 aliphatic heterocycles. The molecule has 0 atom stereocenters. The average molecular weight is 629 g/mol. The molecule has 0 fully saturated rings. The molecule has 0 spiro atoms. The molecule has 0 N–H and O–H groups in total. The highest BCUT2D eigenvalue weighted by atomic mass is 19.1. The number of carbonyl (C=O) groups is 2. The molecule has 0 bridgehead atoms. The average Bonchev–Trinajstić information content (AvgIpc) is 3.10. The maximum absolute atomic E-state index is 13.4. The summed E-state index contributed by atoms with van der Waals surface area (Å²) in [6.45, 7) is 13.6. The van der Waals surface area contributed by atoms with E-state index in [1.165, 1.54) is 6.08 Å². The summed E-state index contributed by atoms with van der Waals surface area (Å²) in [5.74, 6) is 6.83. The third kappa shape index (κ3) is 9.68. The molecule has 7 heteroatoms. The van der Waals surface area contributed by atoms with Gasteiger partial charge in [-0.25, -0.2) is 9.59 Å². The van der Waals surface area contributed by atoms with Gasteiger partial charge in [0.2, 0.25) is 6.79 Å². The molecule has 0 aliphatic rings. The van der Waals surface area contributed by atoms with Crippen LogP contribution in [-0.4, -0.2) is 25.4 Å². The van der Waals surface area contributed by atoms with E-state index in [-0.39, 0.29) is 19.0 Å². The van der Waals surface area contributed by atoms with Gasteiger partial charge < -0.3 is 18.9 Å². The zero-order valence-corrected chi connectivity index (χ0v) is 25.8. The van der Waals surface area contributed by atoms with Gasteiger partial charge in [-0.15, -0.1) is 0 Å². The molecular formula is C40H33FO6. The highest BCUT2D eigenvalue weighted by molar-refractivity contribution is 5.87. The number of halogens is 1. The molecule has 47 heavy (non-hydrogen) atoms. The minimum absolute atomic E-state index is 0.0354. The summed E-state index contributed by atoms with van der Waals surface area (Å²) in [5, 5.41) is 0. The van der Waals surface area contributed by atoms with Crippen LogP contribution in [-0.2, 0) is 20.7 Å². The van der Waals surface area contributed by atoms with E-state index in [9.17, 15) is 14.0 Å². The number of benzene rings is 4. The molecule has 0 saturated heterocycles. The predicted octanol–water partition coefficient (Wildman–Crippen LogP) is 8.56. The van der Waals surface area contributed by atoms with Crippen LogP contribution in [0.3, 0.4) is 0 Å². The molecule has 0 aliphatic carbocycles. The fraction of sp³-hybridized carbons (Fsp3) is 0.100. The van der Waals surface area contributed by atoms with Crippen molar-refractivity contribution in [2.45, 2.75) is 12.8 Å². The van der Waals surface area contributed by atoms with Crippen molar-refractivity contribution in [3.63, 3.8) is 0 Å². The molecule has 0 amide bonds. The van der Waals surface area contributed by atoms with Crippen LogP contribution < -0.4 is 14.2 Å².